The van der Waals surface area contributed by atoms with Crippen molar-refractivity contribution in [1.29, 1.82) is 0 Å². The zero-order chi connectivity index (χ0) is 33.5. The van der Waals surface area contributed by atoms with E-state index in [0.29, 0.717) is 24.1 Å². The summed E-state index contributed by atoms with van der Waals surface area (Å²) in [6, 6.07) is 11.6. The molecule has 2 aliphatic heterocycles. The van der Waals surface area contributed by atoms with Crippen LogP contribution in [0.4, 0.5) is 9.59 Å². The number of aromatic amines is 2. The molecule has 250 valence electrons. The van der Waals surface area contributed by atoms with Crippen LogP contribution in [0, 0.1) is 5.92 Å². The number of hydrogen-bond donors (Lipinski definition) is 2. The maximum Gasteiger partial charge on any atom is 0.411 e. The van der Waals surface area contributed by atoms with Crippen LogP contribution < -0.4 is 0 Å². The molecule has 3 aliphatic rings. The van der Waals surface area contributed by atoms with Crippen molar-refractivity contribution in [1.82, 2.24) is 34.7 Å². The normalized spacial score (nSPS) is 22.5. The topological polar surface area (TPSA) is 142 Å². The van der Waals surface area contributed by atoms with Gasteiger partial charge in [-0.3, -0.25) is 9.80 Å². The number of aromatic nitrogens is 5. The molecule has 4 atom stereocenters. The summed E-state index contributed by atoms with van der Waals surface area (Å²) in [6.07, 6.45) is 4.68. The lowest BCUT2D eigenvalue weighted by molar-refractivity contribution is 0.0173. The third kappa shape index (κ3) is 5.56. The molecule has 8 rings (SSSR count). The number of para-hydroxylation sites is 1. The Hall–Kier alpha value is -4.87. The van der Waals surface area contributed by atoms with Crippen molar-refractivity contribution in [2.45, 2.75) is 96.6 Å². The number of nitrogens with one attached hydrogen (secondary N) is 2. The molecule has 2 N–H and O–H groups in total. The Morgan fingerprint density at radius 3 is 2.44 bits per heavy atom. The summed E-state index contributed by atoms with van der Waals surface area (Å²) in [7, 11) is 0. The van der Waals surface area contributed by atoms with E-state index in [1.165, 1.54) is 0 Å². The Labute approximate surface area is 278 Å². The molecule has 2 saturated heterocycles. The lowest BCUT2D eigenvalue weighted by Crippen LogP contribution is -2.38. The van der Waals surface area contributed by atoms with Gasteiger partial charge in [-0.05, 0) is 103 Å². The SMILES string of the molecule is CC(C)(C)OC(=O)N1CCC[C@H]1c1nc2cc(-c3cnc(-c4cccc5[nH]c([C@@H]6C[C@@H]7C[C@@H]7N6C(=O)OC(C)(C)C)nc45)o3)ccc2[nH]1. The largest absolute Gasteiger partial charge is 0.444 e. The van der Waals surface area contributed by atoms with Crippen molar-refractivity contribution >= 4 is 34.3 Å². The zero-order valence-electron chi connectivity index (χ0n) is 28.2. The van der Waals surface area contributed by atoms with Crippen molar-refractivity contribution in [3.05, 3.63) is 54.2 Å². The predicted molar refractivity (Wildman–Crippen MR) is 179 cm³/mol. The highest BCUT2D eigenvalue weighted by atomic mass is 16.6. The minimum absolute atomic E-state index is 0.168. The fourth-order valence-electron chi connectivity index (χ4n) is 7.12. The number of likely N-dealkylation sites (tertiary alicyclic amines) is 2. The summed E-state index contributed by atoms with van der Waals surface area (Å²) in [5.41, 5.74) is 3.72. The third-order valence-electron chi connectivity index (χ3n) is 9.27. The van der Waals surface area contributed by atoms with Crippen LogP contribution in [-0.2, 0) is 9.47 Å². The number of carbonyl (C=O) groups is 2. The Morgan fingerprint density at radius 2 is 1.65 bits per heavy atom. The Bertz CT molecular complexity index is 2050. The number of nitrogens with zero attached hydrogens (tertiary/aromatic N) is 5. The Kier molecular flexibility index (Phi) is 6.87. The first kappa shape index (κ1) is 30.5. The molecule has 5 heterocycles. The summed E-state index contributed by atoms with van der Waals surface area (Å²) in [5.74, 6) is 3.03. The fraction of sp³-hybridized carbons (Fsp3) is 0.472. The monoisotopic (exact) mass is 651 g/mol. The van der Waals surface area contributed by atoms with Crippen LogP contribution in [0.3, 0.4) is 0 Å². The van der Waals surface area contributed by atoms with Crippen LogP contribution >= 0.6 is 0 Å². The van der Waals surface area contributed by atoms with Crippen LogP contribution in [-0.4, -0.2) is 70.7 Å². The maximum absolute atomic E-state index is 13.2. The van der Waals surface area contributed by atoms with E-state index in [1.807, 2.05) is 82.8 Å². The molecule has 3 aromatic heterocycles. The third-order valence-corrected chi connectivity index (χ3v) is 9.27. The molecule has 2 aromatic carbocycles. The van der Waals surface area contributed by atoms with Gasteiger partial charge in [0, 0.05) is 18.2 Å². The molecule has 0 bridgehead atoms. The van der Waals surface area contributed by atoms with E-state index in [2.05, 4.69) is 15.0 Å². The number of fused-ring (bicyclic) bond motifs is 3. The summed E-state index contributed by atoms with van der Waals surface area (Å²) in [4.78, 5) is 51.1. The van der Waals surface area contributed by atoms with Crippen LogP contribution in [0.5, 0.6) is 0 Å². The van der Waals surface area contributed by atoms with Gasteiger partial charge in [0.05, 0.1) is 40.4 Å². The number of benzene rings is 2. The molecule has 5 aromatic rings. The number of ether oxygens (including phenoxy) is 2. The predicted octanol–water partition coefficient (Wildman–Crippen LogP) is 7.90. The Balaban J connectivity index is 1.05. The van der Waals surface area contributed by atoms with Crippen molar-refractivity contribution in [2.24, 2.45) is 5.92 Å². The second-order valence-corrected chi connectivity index (χ2v) is 15.2. The van der Waals surface area contributed by atoms with Gasteiger partial charge in [0.2, 0.25) is 5.89 Å². The number of hydrogen-bond acceptors (Lipinski definition) is 8. The molecule has 12 nitrogen and oxygen atoms in total. The summed E-state index contributed by atoms with van der Waals surface area (Å²) in [5, 5.41) is 0. The highest BCUT2D eigenvalue weighted by Crippen LogP contribution is 2.53. The standard InChI is InChI=1S/C36H41N7O5/c1-35(2,3)47-33(44)42-14-8-11-25(42)30-38-22-13-12-19(15-24(22)40-30)28-18-37-32(46-28)21-9-7-10-23-29(21)41-31(39-23)27-17-20-16-26(20)43(27)34(45)48-36(4,5)6/h7,9-10,12-13,15,18,20,25-27H,8,11,14,16-17H2,1-6H3,(H,38,40)(H,39,41)/t20-,25-,26-,27-/m0/s1. The first-order valence-corrected chi connectivity index (χ1v) is 16.8. The molecule has 2 amide bonds. The van der Waals surface area contributed by atoms with Gasteiger partial charge in [-0.15, -0.1) is 0 Å². The van der Waals surface area contributed by atoms with E-state index in [9.17, 15) is 9.59 Å². The number of piperidine rings is 1. The van der Waals surface area contributed by atoms with Gasteiger partial charge in [0.25, 0.3) is 0 Å². The number of H-pyrrole nitrogens is 2. The minimum atomic E-state index is -0.568. The second-order valence-electron chi connectivity index (χ2n) is 15.2. The molecule has 0 radical (unpaired) electrons. The molecule has 0 spiro atoms. The van der Waals surface area contributed by atoms with Gasteiger partial charge in [-0.2, -0.15) is 0 Å². The molecule has 1 saturated carbocycles. The first-order chi connectivity index (χ1) is 22.8. The molecule has 12 heteroatoms. The molecule has 0 unspecified atom stereocenters. The molecular weight excluding hydrogens is 610 g/mol. The lowest BCUT2D eigenvalue weighted by Gasteiger charge is -2.29. The van der Waals surface area contributed by atoms with Crippen LogP contribution in [0.2, 0.25) is 0 Å². The van der Waals surface area contributed by atoms with E-state index in [1.54, 1.807) is 11.1 Å². The maximum atomic E-state index is 13.2. The van der Waals surface area contributed by atoms with Crippen molar-refractivity contribution in [3.63, 3.8) is 0 Å². The van der Waals surface area contributed by atoms with Gasteiger partial charge in [-0.1, -0.05) is 6.07 Å². The molecule has 1 aliphatic carbocycles. The minimum Gasteiger partial charge on any atom is -0.444 e. The first-order valence-electron chi connectivity index (χ1n) is 16.8. The number of carbonyl (C=O) groups excluding carboxylic acids is 2. The van der Waals surface area contributed by atoms with Crippen LogP contribution in [0.15, 0.2) is 47.0 Å². The average Bonchev–Trinajstić information content (AvgIpc) is 3.63. The molecular formula is C36H41N7O5. The zero-order valence-corrected chi connectivity index (χ0v) is 28.2. The summed E-state index contributed by atoms with van der Waals surface area (Å²) < 4.78 is 17.7. The highest BCUT2D eigenvalue weighted by Gasteiger charge is 2.56. The fourth-order valence-corrected chi connectivity index (χ4v) is 7.12. The van der Waals surface area contributed by atoms with Gasteiger partial charge >= 0.3 is 12.2 Å². The average molecular weight is 652 g/mol. The van der Waals surface area contributed by atoms with Crippen molar-refractivity contribution in [3.8, 4) is 22.8 Å². The van der Waals surface area contributed by atoms with Gasteiger partial charge in [0.1, 0.15) is 28.4 Å². The number of imidazole rings is 2. The number of oxazole rings is 1. The number of rotatable bonds is 4. The van der Waals surface area contributed by atoms with E-state index >= 15 is 0 Å². The van der Waals surface area contributed by atoms with Crippen LogP contribution in [0.1, 0.15) is 91.0 Å². The van der Waals surface area contributed by atoms with Crippen LogP contribution in [0.25, 0.3) is 44.8 Å². The van der Waals surface area contributed by atoms with E-state index in [4.69, 9.17) is 23.9 Å². The van der Waals surface area contributed by atoms with E-state index in [0.717, 1.165) is 70.5 Å². The summed E-state index contributed by atoms with van der Waals surface area (Å²) in [6.45, 7) is 11.9. The van der Waals surface area contributed by atoms with Gasteiger partial charge in [0.15, 0.2) is 5.76 Å². The van der Waals surface area contributed by atoms with E-state index in [-0.39, 0.29) is 30.3 Å². The van der Waals surface area contributed by atoms with Crippen molar-refractivity contribution in [2.75, 3.05) is 6.54 Å². The van der Waals surface area contributed by atoms with Crippen molar-refractivity contribution < 1.29 is 23.5 Å². The smallest absolute Gasteiger partial charge is 0.411 e. The lowest BCUT2D eigenvalue weighted by atomic mass is 10.1. The second kappa shape index (κ2) is 10.8. The van der Waals surface area contributed by atoms with E-state index < -0.39 is 11.2 Å². The van der Waals surface area contributed by atoms with Gasteiger partial charge < -0.3 is 23.9 Å². The Morgan fingerprint density at radius 1 is 0.896 bits per heavy atom. The quantitative estimate of drug-likeness (QED) is 0.200. The van der Waals surface area contributed by atoms with Gasteiger partial charge in [-0.25, -0.2) is 24.5 Å². The molecule has 48 heavy (non-hydrogen) atoms. The molecule has 3 fully saturated rings. The number of amides is 2. The summed E-state index contributed by atoms with van der Waals surface area (Å²) >= 11 is 0. The highest BCUT2D eigenvalue weighted by molar-refractivity contribution is 5.90.